The number of guanidine groups is 2. The van der Waals surface area contributed by atoms with E-state index in [4.69, 9.17) is 22.6 Å². The van der Waals surface area contributed by atoms with Gasteiger partial charge >= 0.3 is 0 Å². The van der Waals surface area contributed by atoms with Crippen LogP contribution in [0.15, 0.2) is 15.0 Å². The molecule has 0 spiro atoms. The van der Waals surface area contributed by atoms with E-state index in [0.717, 1.165) is 38.0 Å². The van der Waals surface area contributed by atoms with E-state index in [-0.39, 0.29) is 11.8 Å². The van der Waals surface area contributed by atoms with Gasteiger partial charge < -0.3 is 38.9 Å². The molecule has 0 unspecified atom stereocenters. The van der Waals surface area contributed by atoms with Crippen LogP contribution in [0.1, 0.15) is 13.8 Å². The third kappa shape index (κ3) is 27.7. The van der Waals surface area contributed by atoms with Crippen LogP contribution in [0.2, 0.25) is 0 Å². The molecule has 2 aliphatic rings. The van der Waals surface area contributed by atoms with E-state index >= 15 is 0 Å². The average Bonchev–Trinajstić information content (AvgIpc) is 3.23. The molecule has 24 heavy (non-hydrogen) atoms. The molecule has 0 aromatic carbocycles. The van der Waals surface area contributed by atoms with E-state index in [1.54, 1.807) is 7.05 Å². The lowest BCUT2D eigenvalue weighted by Gasteiger charge is -1.90. The molecule has 0 atom stereocenters. The minimum atomic E-state index is 0.130. The zero-order valence-corrected chi connectivity index (χ0v) is 15.5. The molecular weight excluding hydrogens is 310 g/mol. The molecule has 0 bridgehead atoms. The SMILES string of the molecule is CC(=N)N.CC1=NCCN1.CN.CN=C(N)N.CN=C1NCCN1. The molecule has 2 heterocycles. The molecule has 0 aliphatic carbocycles. The van der Waals surface area contributed by atoms with Crippen molar-refractivity contribution in [3.05, 3.63) is 0 Å². The summed E-state index contributed by atoms with van der Waals surface area (Å²) in [5.41, 5.74) is 18.8. The van der Waals surface area contributed by atoms with Gasteiger partial charge in [0.15, 0.2) is 11.9 Å². The largest absolute Gasteiger partial charge is 0.388 e. The van der Waals surface area contributed by atoms with Gasteiger partial charge in [-0.3, -0.25) is 20.4 Å². The lowest BCUT2D eigenvalue weighted by molar-refractivity contribution is 0.942. The van der Waals surface area contributed by atoms with Crippen LogP contribution in [-0.2, 0) is 0 Å². The summed E-state index contributed by atoms with van der Waals surface area (Å²) in [4.78, 5) is 11.3. The van der Waals surface area contributed by atoms with Gasteiger partial charge in [-0.2, -0.15) is 0 Å². The maximum Gasteiger partial charge on any atom is 0.191 e. The van der Waals surface area contributed by atoms with Crippen LogP contribution in [0, 0.1) is 5.41 Å². The summed E-state index contributed by atoms with van der Waals surface area (Å²) in [6, 6.07) is 0. The number of rotatable bonds is 0. The van der Waals surface area contributed by atoms with Crippen LogP contribution in [0.4, 0.5) is 0 Å². The van der Waals surface area contributed by atoms with Gasteiger partial charge in [0.05, 0.1) is 18.2 Å². The average molecular weight is 346 g/mol. The normalized spacial score (nSPS) is 12.9. The first-order valence-corrected chi connectivity index (χ1v) is 7.39. The Morgan fingerprint density at radius 2 is 1.46 bits per heavy atom. The molecule has 0 saturated carbocycles. The highest BCUT2D eigenvalue weighted by Crippen LogP contribution is 1.79. The Hall–Kier alpha value is -2.56. The first kappa shape index (κ1) is 26.3. The first-order chi connectivity index (χ1) is 11.3. The van der Waals surface area contributed by atoms with Gasteiger partial charge in [-0.15, -0.1) is 0 Å². The first-order valence-electron chi connectivity index (χ1n) is 7.39. The fourth-order valence-electron chi connectivity index (χ4n) is 1.10. The lowest BCUT2D eigenvalue weighted by atomic mass is 10.7. The minimum Gasteiger partial charge on any atom is -0.388 e. The molecule has 1 fully saturated rings. The summed E-state index contributed by atoms with van der Waals surface area (Å²) in [7, 11) is 4.80. The second kappa shape index (κ2) is 20.4. The number of nitrogens with zero attached hydrogens (tertiary/aromatic N) is 3. The van der Waals surface area contributed by atoms with Crippen molar-refractivity contribution in [1.29, 1.82) is 5.41 Å². The van der Waals surface area contributed by atoms with Gasteiger partial charge in [0.25, 0.3) is 0 Å². The summed E-state index contributed by atoms with van der Waals surface area (Å²) in [5, 5.41) is 15.4. The van der Waals surface area contributed by atoms with Gasteiger partial charge in [0.2, 0.25) is 0 Å². The van der Waals surface area contributed by atoms with Crippen molar-refractivity contribution < 1.29 is 0 Å². The maximum absolute atomic E-state index is 6.28. The van der Waals surface area contributed by atoms with Gasteiger partial charge in [0.1, 0.15) is 0 Å². The third-order valence-corrected chi connectivity index (χ3v) is 2.03. The summed E-state index contributed by atoms with van der Waals surface area (Å²) in [5.74, 6) is 2.29. The Balaban J connectivity index is -0.000000242. The van der Waals surface area contributed by atoms with E-state index in [1.807, 2.05) is 6.92 Å². The van der Waals surface area contributed by atoms with Crippen LogP contribution < -0.4 is 38.9 Å². The van der Waals surface area contributed by atoms with Crippen molar-refractivity contribution in [2.75, 3.05) is 47.3 Å². The number of nitrogens with two attached hydrogens (primary N) is 4. The Labute approximate surface area is 145 Å². The van der Waals surface area contributed by atoms with Gasteiger partial charge in [0, 0.05) is 33.7 Å². The molecule has 12 N–H and O–H groups in total. The second-order valence-electron chi connectivity index (χ2n) is 4.15. The minimum absolute atomic E-state index is 0.130. The predicted octanol–water partition coefficient (Wildman–Crippen LogP) is -2.42. The van der Waals surface area contributed by atoms with E-state index in [1.165, 1.54) is 21.0 Å². The molecular formula is C13H35N11. The predicted molar refractivity (Wildman–Crippen MR) is 105 cm³/mol. The van der Waals surface area contributed by atoms with Crippen molar-refractivity contribution in [3.63, 3.8) is 0 Å². The van der Waals surface area contributed by atoms with Crippen molar-refractivity contribution in [3.8, 4) is 0 Å². The zero-order chi connectivity index (χ0) is 19.4. The zero-order valence-electron chi connectivity index (χ0n) is 15.5. The van der Waals surface area contributed by atoms with Crippen LogP contribution in [0.5, 0.6) is 0 Å². The van der Waals surface area contributed by atoms with E-state index in [0.29, 0.717) is 0 Å². The van der Waals surface area contributed by atoms with Crippen molar-refractivity contribution in [1.82, 2.24) is 16.0 Å². The molecule has 0 aromatic rings. The number of amidine groups is 2. The smallest absolute Gasteiger partial charge is 0.191 e. The number of aliphatic imine (C=N–C) groups is 3. The van der Waals surface area contributed by atoms with E-state index in [9.17, 15) is 0 Å². The summed E-state index contributed by atoms with van der Waals surface area (Å²) in [6.45, 7) is 7.52. The Bertz CT molecular complexity index is 371. The van der Waals surface area contributed by atoms with Gasteiger partial charge in [-0.1, -0.05) is 0 Å². The molecule has 0 aromatic heterocycles. The van der Waals surface area contributed by atoms with Crippen LogP contribution in [0.3, 0.4) is 0 Å². The van der Waals surface area contributed by atoms with Crippen LogP contribution in [-0.4, -0.2) is 70.9 Å². The summed E-state index contributed by atoms with van der Waals surface area (Å²) in [6.07, 6.45) is 0. The number of hydrogen-bond donors (Lipinski definition) is 8. The second-order valence-corrected chi connectivity index (χ2v) is 4.15. The standard InChI is InChI=1S/C4H9N3.C4H8N2.C2H7N3.C2H6N2.CH5N/c1-5-4-6-2-3-7-4;1-4-5-2-3-6-4;1-5-2(3)4;1-2(3)4;1-2/h2-3H2,1H3,(H2,5,6,7);2-3H2,1H3,(H,5,6);1H3,(H4,3,4,5);1H3,(H3,3,4);2H2,1H3. The molecule has 1 saturated heterocycles. The summed E-state index contributed by atoms with van der Waals surface area (Å²) >= 11 is 0. The maximum atomic E-state index is 6.28. The van der Waals surface area contributed by atoms with Crippen LogP contribution in [0.25, 0.3) is 0 Å². The molecule has 11 heteroatoms. The summed E-state index contributed by atoms with van der Waals surface area (Å²) < 4.78 is 0. The third-order valence-electron chi connectivity index (χ3n) is 2.03. The number of hydrogen-bond acceptors (Lipinski definition) is 6. The highest BCUT2D eigenvalue weighted by Gasteiger charge is 2.00. The fourth-order valence-corrected chi connectivity index (χ4v) is 1.10. The molecule has 0 radical (unpaired) electrons. The topological polar surface area (TPSA) is 201 Å². The molecule has 11 nitrogen and oxygen atoms in total. The molecule has 142 valence electrons. The Kier molecular flexibility index (Phi) is 22.4. The molecule has 0 amide bonds. The highest BCUT2D eigenvalue weighted by atomic mass is 15.2. The van der Waals surface area contributed by atoms with Crippen molar-refractivity contribution in [2.24, 2.45) is 37.9 Å². The Morgan fingerprint density at radius 1 is 1.04 bits per heavy atom. The van der Waals surface area contributed by atoms with Crippen molar-refractivity contribution >= 4 is 23.6 Å². The highest BCUT2D eigenvalue weighted by molar-refractivity contribution is 5.81. The van der Waals surface area contributed by atoms with Gasteiger partial charge in [-0.05, 0) is 20.9 Å². The number of nitrogens with one attached hydrogen (secondary N) is 4. The van der Waals surface area contributed by atoms with Crippen LogP contribution >= 0.6 is 0 Å². The van der Waals surface area contributed by atoms with Crippen molar-refractivity contribution in [2.45, 2.75) is 13.8 Å². The molecule has 2 rings (SSSR count). The van der Waals surface area contributed by atoms with E-state index < -0.39 is 0 Å². The molecule has 2 aliphatic heterocycles. The van der Waals surface area contributed by atoms with E-state index in [2.05, 4.69) is 36.7 Å². The fraction of sp³-hybridized carbons (Fsp3) is 0.692. The lowest BCUT2D eigenvalue weighted by Crippen LogP contribution is -2.23. The monoisotopic (exact) mass is 345 g/mol. The van der Waals surface area contributed by atoms with Gasteiger partial charge in [-0.25, -0.2) is 0 Å². The quantitative estimate of drug-likeness (QED) is 0.176. The Morgan fingerprint density at radius 3 is 1.58 bits per heavy atom.